The van der Waals surface area contributed by atoms with Crippen LogP contribution in [-0.2, 0) is 4.74 Å². The summed E-state index contributed by atoms with van der Waals surface area (Å²) in [6, 6.07) is 1.39. The van der Waals surface area contributed by atoms with E-state index in [-0.39, 0.29) is 0 Å². The first-order valence-electron chi connectivity index (χ1n) is 5.26. The Morgan fingerprint density at radius 2 is 2.23 bits per heavy atom. The van der Waals surface area contributed by atoms with Crippen LogP contribution in [0.3, 0.4) is 0 Å². The molecule has 1 heterocycles. The number of nitrogens with one attached hydrogen (secondary N) is 1. The van der Waals surface area contributed by atoms with Gasteiger partial charge in [0.1, 0.15) is 0 Å². The van der Waals surface area contributed by atoms with Gasteiger partial charge in [-0.1, -0.05) is 6.42 Å². The minimum atomic E-state index is 0.637. The van der Waals surface area contributed by atoms with Gasteiger partial charge in [0.05, 0.1) is 6.61 Å². The number of rotatable bonds is 3. The lowest BCUT2D eigenvalue weighted by Gasteiger charge is -2.22. The van der Waals surface area contributed by atoms with Gasteiger partial charge in [0.15, 0.2) is 0 Å². The first-order valence-corrected chi connectivity index (χ1v) is 6.55. The van der Waals surface area contributed by atoms with Crippen LogP contribution in [0.25, 0.3) is 0 Å². The molecule has 1 aliphatic carbocycles. The van der Waals surface area contributed by atoms with E-state index in [0.29, 0.717) is 6.04 Å². The summed E-state index contributed by atoms with van der Waals surface area (Å²) in [7, 11) is 0. The Bertz CT molecular complexity index is 159. The van der Waals surface area contributed by atoms with E-state index in [2.05, 4.69) is 11.6 Å². The van der Waals surface area contributed by atoms with E-state index < -0.39 is 0 Å². The average molecular weight is 201 g/mol. The monoisotopic (exact) mass is 201 g/mol. The number of hydrogen-bond acceptors (Lipinski definition) is 3. The van der Waals surface area contributed by atoms with Crippen LogP contribution in [0.4, 0.5) is 0 Å². The molecule has 0 bridgehead atoms. The maximum absolute atomic E-state index is 5.37. The summed E-state index contributed by atoms with van der Waals surface area (Å²) in [6.45, 7) is 1.88. The van der Waals surface area contributed by atoms with Gasteiger partial charge in [-0.25, -0.2) is 0 Å². The van der Waals surface area contributed by atoms with Crippen LogP contribution in [0.5, 0.6) is 0 Å². The van der Waals surface area contributed by atoms with E-state index in [1.807, 2.05) is 11.8 Å². The quantitative estimate of drug-likeness (QED) is 0.750. The van der Waals surface area contributed by atoms with E-state index in [4.69, 9.17) is 4.74 Å². The third-order valence-corrected chi connectivity index (χ3v) is 4.30. The Kier molecular flexibility index (Phi) is 3.52. The molecule has 2 fully saturated rings. The average Bonchev–Trinajstić information content (AvgIpc) is 2.76. The predicted molar refractivity (Wildman–Crippen MR) is 57.3 cm³/mol. The highest BCUT2D eigenvalue weighted by atomic mass is 32.2. The summed E-state index contributed by atoms with van der Waals surface area (Å²) in [4.78, 5) is 0. The van der Waals surface area contributed by atoms with Gasteiger partial charge in [-0.3, -0.25) is 0 Å². The zero-order valence-corrected chi connectivity index (χ0v) is 9.11. The summed E-state index contributed by atoms with van der Waals surface area (Å²) in [5.41, 5.74) is 0. The molecule has 2 rings (SSSR count). The summed E-state index contributed by atoms with van der Waals surface area (Å²) in [5, 5.41) is 4.58. The van der Waals surface area contributed by atoms with Crippen molar-refractivity contribution in [2.45, 2.75) is 43.0 Å². The standard InChI is InChI=1S/C10H19NOS/c1-13-10-4-2-3-9(10)11-8-5-6-12-7-8/h8-11H,2-7H2,1H3. The fourth-order valence-electron chi connectivity index (χ4n) is 2.37. The molecule has 0 radical (unpaired) electrons. The van der Waals surface area contributed by atoms with Crippen LogP contribution in [-0.4, -0.2) is 36.8 Å². The second kappa shape index (κ2) is 4.67. The van der Waals surface area contributed by atoms with Crippen molar-refractivity contribution in [2.24, 2.45) is 0 Å². The first kappa shape index (κ1) is 9.81. The van der Waals surface area contributed by atoms with E-state index >= 15 is 0 Å². The van der Waals surface area contributed by atoms with E-state index in [9.17, 15) is 0 Å². The minimum Gasteiger partial charge on any atom is -0.380 e. The van der Waals surface area contributed by atoms with Gasteiger partial charge in [0.25, 0.3) is 0 Å². The van der Waals surface area contributed by atoms with Crippen LogP contribution in [0.15, 0.2) is 0 Å². The highest BCUT2D eigenvalue weighted by Crippen LogP contribution is 2.29. The van der Waals surface area contributed by atoms with Crippen LogP contribution in [0.2, 0.25) is 0 Å². The summed E-state index contributed by atoms with van der Waals surface area (Å²) in [6.07, 6.45) is 7.60. The molecule has 2 nitrogen and oxygen atoms in total. The molecule has 76 valence electrons. The van der Waals surface area contributed by atoms with Crippen molar-refractivity contribution >= 4 is 11.8 Å². The molecule has 0 amide bonds. The largest absolute Gasteiger partial charge is 0.380 e. The molecule has 1 N–H and O–H groups in total. The van der Waals surface area contributed by atoms with Crippen molar-refractivity contribution in [1.82, 2.24) is 5.32 Å². The van der Waals surface area contributed by atoms with Crippen LogP contribution in [0.1, 0.15) is 25.7 Å². The highest BCUT2D eigenvalue weighted by Gasteiger charge is 2.29. The topological polar surface area (TPSA) is 21.3 Å². The van der Waals surface area contributed by atoms with Gasteiger partial charge in [0, 0.05) is 23.9 Å². The fourth-order valence-corrected chi connectivity index (χ4v) is 3.31. The molecule has 0 aromatic carbocycles. The van der Waals surface area contributed by atoms with E-state index in [1.165, 1.54) is 25.7 Å². The van der Waals surface area contributed by atoms with Crippen molar-refractivity contribution in [3.63, 3.8) is 0 Å². The zero-order chi connectivity index (χ0) is 9.10. The normalized spacial score (nSPS) is 39.9. The van der Waals surface area contributed by atoms with Crippen LogP contribution < -0.4 is 5.32 Å². The highest BCUT2D eigenvalue weighted by molar-refractivity contribution is 7.99. The maximum atomic E-state index is 5.37. The third-order valence-electron chi connectivity index (χ3n) is 3.13. The third kappa shape index (κ3) is 2.39. The lowest BCUT2D eigenvalue weighted by Crippen LogP contribution is -2.41. The summed E-state index contributed by atoms with van der Waals surface area (Å²) >= 11 is 2.02. The van der Waals surface area contributed by atoms with Crippen molar-refractivity contribution in [3.05, 3.63) is 0 Å². The lowest BCUT2D eigenvalue weighted by molar-refractivity contribution is 0.188. The fraction of sp³-hybridized carbons (Fsp3) is 1.00. The lowest BCUT2D eigenvalue weighted by atomic mass is 10.2. The Hall–Kier alpha value is 0.270. The van der Waals surface area contributed by atoms with Gasteiger partial charge < -0.3 is 10.1 Å². The predicted octanol–water partition coefficient (Wildman–Crippen LogP) is 1.65. The summed E-state index contributed by atoms with van der Waals surface area (Å²) < 4.78 is 5.37. The molecule has 1 aliphatic heterocycles. The Morgan fingerprint density at radius 1 is 1.31 bits per heavy atom. The summed E-state index contributed by atoms with van der Waals surface area (Å²) in [5.74, 6) is 0. The SMILES string of the molecule is CSC1CCCC1NC1CCOC1. The second-order valence-electron chi connectivity index (χ2n) is 4.04. The van der Waals surface area contributed by atoms with Crippen molar-refractivity contribution in [1.29, 1.82) is 0 Å². The molecule has 0 aromatic rings. The second-order valence-corrected chi connectivity index (χ2v) is 5.12. The number of ether oxygens (including phenoxy) is 1. The molecule has 0 spiro atoms. The van der Waals surface area contributed by atoms with Crippen LogP contribution >= 0.6 is 11.8 Å². The Balaban J connectivity index is 1.79. The van der Waals surface area contributed by atoms with E-state index in [0.717, 1.165) is 24.5 Å². The van der Waals surface area contributed by atoms with Crippen molar-refractivity contribution < 1.29 is 4.74 Å². The molecular formula is C10H19NOS. The smallest absolute Gasteiger partial charge is 0.0620 e. The van der Waals surface area contributed by atoms with Gasteiger partial charge in [0.2, 0.25) is 0 Å². The molecule has 1 saturated heterocycles. The molecule has 0 aromatic heterocycles. The molecule has 3 unspecified atom stereocenters. The van der Waals surface area contributed by atoms with Crippen molar-refractivity contribution in [3.8, 4) is 0 Å². The van der Waals surface area contributed by atoms with Crippen molar-refractivity contribution in [2.75, 3.05) is 19.5 Å². The molecule has 2 aliphatic rings. The number of hydrogen-bond donors (Lipinski definition) is 1. The Morgan fingerprint density at radius 3 is 2.92 bits per heavy atom. The van der Waals surface area contributed by atoms with Gasteiger partial charge in [-0.05, 0) is 25.5 Å². The Labute approximate surface area is 84.8 Å². The molecule has 13 heavy (non-hydrogen) atoms. The number of thioether (sulfide) groups is 1. The van der Waals surface area contributed by atoms with Gasteiger partial charge in [-0.15, -0.1) is 0 Å². The molecule has 1 saturated carbocycles. The van der Waals surface area contributed by atoms with E-state index in [1.54, 1.807) is 0 Å². The molecular weight excluding hydrogens is 182 g/mol. The minimum absolute atomic E-state index is 0.637. The maximum Gasteiger partial charge on any atom is 0.0620 e. The van der Waals surface area contributed by atoms with Gasteiger partial charge >= 0.3 is 0 Å². The first-order chi connectivity index (χ1) is 6.40. The molecule has 3 heteroatoms. The van der Waals surface area contributed by atoms with Crippen LogP contribution in [0, 0.1) is 0 Å². The van der Waals surface area contributed by atoms with Gasteiger partial charge in [-0.2, -0.15) is 11.8 Å². The zero-order valence-electron chi connectivity index (χ0n) is 8.29. The molecule has 3 atom stereocenters.